The number of hydrogen-bond donors (Lipinski definition) is 1. The minimum atomic E-state index is -0.0707. The molecule has 174 valence electrons. The highest BCUT2D eigenvalue weighted by atomic mass is 127. The Bertz CT molecular complexity index is 702. The Kier molecular flexibility index (Phi) is 11.1. The van der Waals surface area contributed by atoms with Crippen molar-refractivity contribution in [3.63, 3.8) is 0 Å². The molecule has 0 spiro atoms. The molecule has 1 N–H and O–H groups in total. The summed E-state index contributed by atoms with van der Waals surface area (Å²) in [6, 6.07) is 8.89. The molecule has 2 aliphatic heterocycles. The van der Waals surface area contributed by atoms with Crippen LogP contribution in [0.15, 0.2) is 29.3 Å². The average Bonchev–Trinajstić information content (AvgIpc) is 2.77. The second-order valence-electron chi connectivity index (χ2n) is 8.67. The maximum atomic E-state index is 12.1. The molecule has 0 aliphatic carbocycles. The number of aryl methyl sites for hydroxylation is 1. The molecular weight excluding hydrogens is 503 g/mol. The van der Waals surface area contributed by atoms with Crippen molar-refractivity contribution < 1.29 is 9.53 Å². The van der Waals surface area contributed by atoms with Crippen molar-refractivity contribution in [1.29, 1.82) is 0 Å². The molecule has 2 saturated heterocycles. The molecule has 2 aliphatic rings. The fraction of sp³-hybridized carbons (Fsp3) is 0.667. The fourth-order valence-corrected chi connectivity index (χ4v) is 4.49. The van der Waals surface area contributed by atoms with E-state index in [1.807, 2.05) is 14.0 Å². The number of halogens is 1. The smallest absolute Gasteiger partial charge is 0.310 e. The molecule has 0 bridgehead atoms. The van der Waals surface area contributed by atoms with E-state index in [9.17, 15) is 4.79 Å². The van der Waals surface area contributed by atoms with Crippen LogP contribution in [0.3, 0.4) is 0 Å². The average molecular weight is 543 g/mol. The van der Waals surface area contributed by atoms with Gasteiger partial charge in [0.1, 0.15) is 0 Å². The summed E-state index contributed by atoms with van der Waals surface area (Å²) in [5, 5.41) is 3.58. The molecular formula is C24H39IN4O2. The monoisotopic (exact) mass is 542 g/mol. The standard InChI is InChI=1S/C24H38N4O2.HI/c1-4-30-23(29)22-6-5-13-28(18-22)24(25-3)26-16-20-11-14-27(15-12-20)17-21-9-7-19(2)8-10-21;/h7-10,20,22H,4-6,11-18H2,1-3H3,(H,25,26);1H. The van der Waals surface area contributed by atoms with Crippen molar-refractivity contribution in [1.82, 2.24) is 15.1 Å². The van der Waals surface area contributed by atoms with Crippen molar-refractivity contribution in [3.05, 3.63) is 35.4 Å². The van der Waals surface area contributed by atoms with Crippen LogP contribution in [0.25, 0.3) is 0 Å². The summed E-state index contributed by atoms with van der Waals surface area (Å²) >= 11 is 0. The number of likely N-dealkylation sites (tertiary alicyclic amines) is 2. The van der Waals surface area contributed by atoms with Gasteiger partial charge in [-0.2, -0.15) is 0 Å². The van der Waals surface area contributed by atoms with Crippen LogP contribution in [-0.4, -0.2) is 68.1 Å². The number of nitrogens with zero attached hydrogens (tertiary/aromatic N) is 3. The van der Waals surface area contributed by atoms with Crippen LogP contribution in [0.5, 0.6) is 0 Å². The van der Waals surface area contributed by atoms with Gasteiger partial charge in [0.2, 0.25) is 0 Å². The van der Waals surface area contributed by atoms with E-state index in [4.69, 9.17) is 4.74 Å². The number of carbonyl (C=O) groups excluding carboxylic acids is 1. The van der Waals surface area contributed by atoms with E-state index < -0.39 is 0 Å². The van der Waals surface area contributed by atoms with Gasteiger partial charge in [-0.25, -0.2) is 0 Å². The van der Waals surface area contributed by atoms with Gasteiger partial charge >= 0.3 is 5.97 Å². The largest absolute Gasteiger partial charge is 0.466 e. The lowest BCUT2D eigenvalue weighted by molar-refractivity contribution is -0.149. The zero-order chi connectivity index (χ0) is 21.3. The number of piperidine rings is 2. The number of guanidine groups is 1. The van der Waals surface area contributed by atoms with E-state index in [2.05, 4.69) is 51.3 Å². The Morgan fingerprint density at radius 1 is 1.16 bits per heavy atom. The van der Waals surface area contributed by atoms with Crippen molar-refractivity contribution in [2.75, 3.05) is 46.4 Å². The van der Waals surface area contributed by atoms with Crippen molar-refractivity contribution in [2.24, 2.45) is 16.8 Å². The molecule has 6 nitrogen and oxygen atoms in total. The Hall–Kier alpha value is -1.35. The predicted octanol–water partition coefficient (Wildman–Crippen LogP) is 3.68. The lowest BCUT2D eigenvalue weighted by Gasteiger charge is -2.36. The van der Waals surface area contributed by atoms with Gasteiger partial charge in [-0.3, -0.25) is 14.7 Å². The molecule has 0 radical (unpaired) electrons. The maximum absolute atomic E-state index is 12.1. The third kappa shape index (κ3) is 7.93. The second kappa shape index (κ2) is 13.3. The third-order valence-corrected chi connectivity index (χ3v) is 6.34. The second-order valence-corrected chi connectivity index (χ2v) is 8.67. The summed E-state index contributed by atoms with van der Waals surface area (Å²) < 4.78 is 5.23. The predicted molar refractivity (Wildman–Crippen MR) is 137 cm³/mol. The lowest BCUT2D eigenvalue weighted by Crippen LogP contribution is -2.49. The molecule has 1 aromatic rings. The molecule has 1 unspecified atom stereocenters. The van der Waals surface area contributed by atoms with Crippen molar-refractivity contribution in [3.8, 4) is 0 Å². The topological polar surface area (TPSA) is 57.2 Å². The molecule has 2 heterocycles. The molecule has 1 atom stereocenters. The molecule has 7 heteroatoms. The van der Waals surface area contributed by atoms with Crippen molar-refractivity contribution in [2.45, 2.75) is 46.1 Å². The third-order valence-electron chi connectivity index (χ3n) is 6.34. The van der Waals surface area contributed by atoms with Crippen LogP contribution in [0.2, 0.25) is 0 Å². The molecule has 3 rings (SSSR count). The van der Waals surface area contributed by atoms with Crippen LogP contribution in [0, 0.1) is 18.8 Å². The molecule has 2 fully saturated rings. The van der Waals surface area contributed by atoms with E-state index in [1.54, 1.807) is 0 Å². The summed E-state index contributed by atoms with van der Waals surface area (Å²) in [5.41, 5.74) is 2.72. The zero-order valence-corrected chi connectivity index (χ0v) is 21.6. The fourth-order valence-electron chi connectivity index (χ4n) is 4.49. The quantitative estimate of drug-likeness (QED) is 0.257. The summed E-state index contributed by atoms with van der Waals surface area (Å²) in [6.07, 6.45) is 4.33. The van der Waals surface area contributed by atoms with Gasteiger partial charge in [-0.1, -0.05) is 29.8 Å². The highest BCUT2D eigenvalue weighted by Gasteiger charge is 2.29. The van der Waals surface area contributed by atoms with E-state index in [-0.39, 0.29) is 35.9 Å². The molecule has 0 aromatic heterocycles. The van der Waals surface area contributed by atoms with Gasteiger partial charge < -0.3 is 15.0 Å². The Morgan fingerprint density at radius 3 is 2.52 bits per heavy atom. The summed E-state index contributed by atoms with van der Waals surface area (Å²) in [6.45, 7) is 10.4. The maximum Gasteiger partial charge on any atom is 0.310 e. The first-order chi connectivity index (χ1) is 14.6. The molecule has 0 amide bonds. The Labute approximate surface area is 204 Å². The van der Waals surface area contributed by atoms with Crippen LogP contribution >= 0.6 is 24.0 Å². The zero-order valence-electron chi connectivity index (χ0n) is 19.3. The minimum absolute atomic E-state index is 0. The number of hydrogen-bond acceptors (Lipinski definition) is 4. The van der Waals surface area contributed by atoms with Gasteiger partial charge in [0.25, 0.3) is 0 Å². The number of ether oxygens (including phenoxy) is 1. The normalized spacial score (nSPS) is 20.8. The molecule has 1 aromatic carbocycles. The first-order valence-electron chi connectivity index (χ1n) is 11.5. The summed E-state index contributed by atoms with van der Waals surface area (Å²) in [7, 11) is 1.83. The van der Waals surface area contributed by atoms with E-state index in [1.165, 1.54) is 24.0 Å². The van der Waals surface area contributed by atoms with Gasteiger partial charge in [0.15, 0.2) is 5.96 Å². The summed E-state index contributed by atoms with van der Waals surface area (Å²) in [4.78, 5) is 21.4. The number of carbonyl (C=O) groups is 1. The number of aliphatic imine (C=N–C) groups is 1. The highest BCUT2D eigenvalue weighted by molar-refractivity contribution is 14.0. The van der Waals surface area contributed by atoms with Crippen LogP contribution in [0.1, 0.15) is 43.7 Å². The molecule has 31 heavy (non-hydrogen) atoms. The van der Waals surface area contributed by atoms with Crippen LogP contribution in [0.4, 0.5) is 0 Å². The number of rotatable bonds is 6. The SMILES string of the molecule is CCOC(=O)C1CCCN(C(=NC)NCC2CCN(Cc3ccc(C)cc3)CC2)C1.I. The van der Waals surface area contributed by atoms with Gasteiger partial charge in [-0.15, -0.1) is 24.0 Å². The van der Waals surface area contributed by atoms with Crippen molar-refractivity contribution >= 4 is 35.9 Å². The van der Waals surface area contributed by atoms with Gasteiger partial charge in [0.05, 0.1) is 12.5 Å². The van der Waals surface area contributed by atoms with E-state index >= 15 is 0 Å². The van der Waals surface area contributed by atoms with E-state index in [0.717, 1.165) is 51.5 Å². The first kappa shape index (κ1) is 25.9. The van der Waals surface area contributed by atoms with Crippen LogP contribution < -0.4 is 5.32 Å². The first-order valence-corrected chi connectivity index (χ1v) is 11.5. The number of nitrogens with one attached hydrogen (secondary N) is 1. The van der Waals surface area contributed by atoms with Gasteiger partial charge in [-0.05, 0) is 64.1 Å². The lowest BCUT2D eigenvalue weighted by atomic mass is 9.96. The molecule has 0 saturated carbocycles. The highest BCUT2D eigenvalue weighted by Crippen LogP contribution is 2.20. The summed E-state index contributed by atoms with van der Waals surface area (Å²) in [5.74, 6) is 1.48. The minimum Gasteiger partial charge on any atom is -0.466 e. The van der Waals surface area contributed by atoms with E-state index in [0.29, 0.717) is 19.1 Å². The van der Waals surface area contributed by atoms with Gasteiger partial charge in [0, 0.05) is 33.2 Å². The number of esters is 1. The van der Waals surface area contributed by atoms with Crippen LogP contribution in [-0.2, 0) is 16.1 Å². The Balaban J connectivity index is 0.00000341. The number of benzene rings is 1. The Morgan fingerprint density at radius 2 is 1.87 bits per heavy atom.